The summed E-state index contributed by atoms with van der Waals surface area (Å²) in [7, 11) is 3.55. The highest BCUT2D eigenvalue weighted by Gasteiger charge is 2.29. The molecule has 1 aromatic carbocycles. The summed E-state index contributed by atoms with van der Waals surface area (Å²) in [5.74, 6) is 1.30. The van der Waals surface area contributed by atoms with Crippen molar-refractivity contribution in [3.8, 4) is 0 Å². The van der Waals surface area contributed by atoms with E-state index in [4.69, 9.17) is 4.74 Å². The smallest absolute Gasteiger partial charge is 0.211 e. The summed E-state index contributed by atoms with van der Waals surface area (Å²) in [6.07, 6.45) is 4.91. The number of fused-ring (bicyclic) bond motifs is 2. The lowest BCUT2D eigenvalue weighted by molar-refractivity contribution is 0.103. The average Bonchev–Trinajstić information content (AvgIpc) is 2.71. The lowest BCUT2D eigenvalue weighted by Crippen LogP contribution is -2.30. The van der Waals surface area contributed by atoms with Crippen LogP contribution in [0.15, 0.2) is 55.0 Å². The number of nitrogens with zero attached hydrogens (tertiary/aromatic N) is 5. The Hall–Kier alpha value is -3.32. The van der Waals surface area contributed by atoms with E-state index < -0.39 is 0 Å². The third-order valence-corrected chi connectivity index (χ3v) is 4.28. The fourth-order valence-corrected chi connectivity index (χ4v) is 3.05. The molecule has 7 nitrogen and oxygen atoms in total. The van der Waals surface area contributed by atoms with Crippen LogP contribution in [0.5, 0.6) is 0 Å². The Morgan fingerprint density at radius 2 is 1.81 bits per heavy atom. The van der Waals surface area contributed by atoms with Crippen LogP contribution in [-0.2, 0) is 4.74 Å². The molecular weight excluding hydrogens is 330 g/mol. The number of methoxy groups -OCH3 is 1. The lowest BCUT2D eigenvalue weighted by atomic mass is 10.0. The van der Waals surface area contributed by atoms with Gasteiger partial charge in [-0.05, 0) is 30.3 Å². The van der Waals surface area contributed by atoms with Gasteiger partial charge in [-0.3, -0.25) is 14.7 Å². The van der Waals surface area contributed by atoms with Crippen molar-refractivity contribution in [1.29, 1.82) is 0 Å². The van der Waals surface area contributed by atoms with Gasteiger partial charge in [0.15, 0.2) is 11.6 Å². The molecule has 4 rings (SSSR count). The van der Waals surface area contributed by atoms with Crippen molar-refractivity contribution in [1.82, 2.24) is 15.0 Å². The van der Waals surface area contributed by atoms with Crippen molar-refractivity contribution in [3.05, 3.63) is 66.2 Å². The van der Waals surface area contributed by atoms with Crippen LogP contribution in [0.2, 0.25) is 0 Å². The largest absolute Gasteiger partial charge is 0.364 e. The summed E-state index contributed by atoms with van der Waals surface area (Å²) in [6, 6.07) is 10.9. The van der Waals surface area contributed by atoms with Gasteiger partial charge in [0.2, 0.25) is 5.78 Å². The van der Waals surface area contributed by atoms with Crippen LogP contribution in [0.3, 0.4) is 0 Å². The van der Waals surface area contributed by atoms with Gasteiger partial charge >= 0.3 is 0 Å². The minimum Gasteiger partial charge on any atom is -0.364 e. The van der Waals surface area contributed by atoms with Crippen LogP contribution in [0, 0.1) is 0 Å². The third-order valence-electron chi connectivity index (χ3n) is 4.28. The first-order chi connectivity index (χ1) is 12.7. The number of rotatable bonds is 4. The second-order valence-corrected chi connectivity index (χ2v) is 5.86. The van der Waals surface area contributed by atoms with Crippen LogP contribution in [0.1, 0.15) is 16.1 Å². The van der Waals surface area contributed by atoms with Crippen LogP contribution in [-0.4, -0.2) is 41.6 Å². The molecule has 0 amide bonds. The molecule has 0 atom stereocenters. The monoisotopic (exact) mass is 347 g/mol. The molecule has 130 valence electrons. The van der Waals surface area contributed by atoms with E-state index in [2.05, 4.69) is 15.0 Å². The van der Waals surface area contributed by atoms with E-state index in [1.807, 2.05) is 29.0 Å². The minimum absolute atomic E-state index is 0.127. The molecule has 0 spiro atoms. The molecule has 0 aliphatic carbocycles. The summed E-state index contributed by atoms with van der Waals surface area (Å²) in [5.41, 5.74) is 2.73. The zero-order valence-corrected chi connectivity index (χ0v) is 14.5. The van der Waals surface area contributed by atoms with Gasteiger partial charge in [-0.2, -0.15) is 0 Å². The summed E-state index contributed by atoms with van der Waals surface area (Å²) >= 11 is 0. The van der Waals surface area contributed by atoms with Crippen molar-refractivity contribution in [2.45, 2.75) is 0 Å². The summed E-state index contributed by atoms with van der Waals surface area (Å²) in [5, 5.41) is 0. The highest BCUT2D eigenvalue weighted by molar-refractivity contribution is 6.09. The number of hydrogen-bond acceptors (Lipinski definition) is 7. The van der Waals surface area contributed by atoms with Crippen molar-refractivity contribution < 1.29 is 9.53 Å². The standard InChI is InChI=1S/C19H17N5O2/c1-23-15-7-6-13(17(25)14-5-3-4-8-20-14)11-16(15)24(12-26-2)19-18(23)21-9-10-22-19/h3-11H,12H2,1-2H3. The number of hydrogen-bond donors (Lipinski definition) is 0. The number of anilines is 4. The number of ether oxygens (including phenoxy) is 1. The van der Waals surface area contributed by atoms with Crippen molar-refractivity contribution >= 4 is 28.8 Å². The summed E-state index contributed by atoms with van der Waals surface area (Å²) < 4.78 is 5.36. The van der Waals surface area contributed by atoms with Gasteiger partial charge in [-0.15, -0.1) is 0 Å². The Morgan fingerprint density at radius 3 is 2.54 bits per heavy atom. The Balaban J connectivity index is 1.82. The fraction of sp³-hybridized carbons (Fsp3) is 0.158. The normalized spacial score (nSPS) is 12.5. The van der Waals surface area contributed by atoms with Gasteiger partial charge in [0.25, 0.3) is 0 Å². The molecule has 1 aliphatic rings. The Bertz CT molecular complexity index is 961. The fourth-order valence-electron chi connectivity index (χ4n) is 3.05. The first-order valence-electron chi connectivity index (χ1n) is 8.11. The number of ketones is 1. The topological polar surface area (TPSA) is 71.5 Å². The third kappa shape index (κ3) is 2.58. The van der Waals surface area contributed by atoms with E-state index >= 15 is 0 Å². The first-order valence-corrected chi connectivity index (χ1v) is 8.11. The van der Waals surface area contributed by atoms with E-state index in [1.165, 1.54) is 0 Å². The molecule has 0 fully saturated rings. The summed E-state index contributed by atoms with van der Waals surface area (Å²) in [4.78, 5) is 29.7. The summed E-state index contributed by atoms with van der Waals surface area (Å²) in [6.45, 7) is 0.299. The highest BCUT2D eigenvalue weighted by Crippen LogP contribution is 2.45. The SMILES string of the molecule is COCN1c2cc(C(=O)c3ccccn3)ccc2N(C)c2nccnc21. The predicted octanol–water partition coefficient (Wildman–Crippen LogP) is 2.93. The molecule has 0 N–H and O–H groups in total. The molecule has 0 saturated carbocycles. The second kappa shape index (κ2) is 6.53. The maximum Gasteiger partial charge on any atom is 0.211 e. The minimum atomic E-state index is -0.127. The van der Waals surface area contributed by atoms with Gasteiger partial charge in [-0.25, -0.2) is 9.97 Å². The van der Waals surface area contributed by atoms with E-state index in [-0.39, 0.29) is 5.78 Å². The molecular formula is C19H17N5O2. The van der Waals surface area contributed by atoms with Crippen LogP contribution in [0.4, 0.5) is 23.0 Å². The molecule has 3 heterocycles. The van der Waals surface area contributed by atoms with Crippen LogP contribution < -0.4 is 9.80 Å². The molecule has 0 unspecified atom stereocenters. The second-order valence-electron chi connectivity index (χ2n) is 5.86. The van der Waals surface area contributed by atoms with Gasteiger partial charge in [0.1, 0.15) is 12.4 Å². The number of carbonyl (C=O) groups is 1. The van der Waals surface area contributed by atoms with Crippen LogP contribution >= 0.6 is 0 Å². The molecule has 0 bridgehead atoms. The van der Waals surface area contributed by atoms with Crippen molar-refractivity contribution in [2.24, 2.45) is 0 Å². The average molecular weight is 347 g/mol. The van der Waals surface area contributed by atoms with Crippen LogP contribution in [0.25, 0.3) is 0 Å². The number of pyridine rings is 1. The maximum atomic E-state index is 12.8. The molecule has 26 heavy (non-hydrogen) atoms. The Kier molecular flexibility index (Phi) is 4.06. The Labute approximate surface area is 150 Å². The quantitative estimate of drug-likeness (QED) is 0.672. The van der Waals surface area contributed by atoms with Gasteiger partial charge < -0.3 is 9.64 Å². The number of benzene rings is 1. The van der Waals surface area contributed by atoms with Gasteiger partial charge in [0, 0.05) is 38.3 Å². The first kappa shape index (κ1) is 16.2. The van der Waals surface area contributed by atoms with Crippen molar-refractivity contribution in [3.63, 3.8) is 0 Å². The predicted molar refractivity (Wildman–Crippen MR) is 98.2 cm³/mol. The van der Waals surface area contributed by atoms with Crippen molar-refractivity contribution in [2.75, 3.05) is 30.7 Å². The molecule has 3 aromatic rings. The van der Waals surface area contributed by atoms with E-state index in [0.29, 0.717) is 23.8 Å². The van der Waals surface area contributed by atoms with E-state index in [9.17, 15) is 4.79 Å². The molecule has 1 aliphatic heterocycles. The zero-order chi connectivity index (χ0) is 18.1. The molecule has 7 heteroatoms. The van der Waals surface area contributed by atoms with Gasteiger partial charge in [0.05, 0.1) is 11.4 Å². The van der Waals surface area contributed by atoms with E-state index in [0.717, 1.165) is 17.2 Å². The molecule has 2 aromatic heterocycles. The highest BCUT2D eigenvalue weighted by atomic mass is 16.5. The Morgan fingerprint density at radius 1 is 1.00 bits per heavy atom. The lowest BCUT2D eigenvalue weighted by Gasteiger charge is -2.36. The maximum absolute atomic E-state index is 12.8. The molecule has 0 radical (unpaired) electrons. The van der Waals surface area contributed by atoms with E-state index in [1.54, 1.807) is 50.0 Å². The number of aromatic nitrogens is 3. The number of carbonyl (C=O) groups excluding carboxylic acids is 1. The molecule has 0 saturated heterocycles. The zero-order valence-electron chi connectivity index (χ0n) is 14.5. The van der Waals surface area contributed by atoms with Gasteiger partial charge in [-0.1, -0.05) is 6.07 Å².